The Balaban J connectivity index is 2.45. The fourth-order valence-corrected chi connectivity index (χ4v) is 2.30. The van der Waals surface area contributed by atoms with Gasteiger partial charge in [0.25, 0.3) is 5.89 Å². The Hall–Kier alpha value is -1.88. The highest BCUT2D eigenvalue weighted by atomic mass is 16.5. The number of aromatic nitrogens is 2. The first kappa shape index (κ1) is 15.5. The first-order valence-corrected chi connectivity index (χ1v) is 7.26. The Bertz CT molecular complexity index is 636. The summed E-state index contributed by atoms with van der Waals surface area (Å²) < 4.78 is 11.2. The Morgan fingerprint density at radius 2 is 2.00 bits per heavy atom. The third-order valence-corrected chi connectivity index (χ3v) is 3.96. The highest BCUT2D eigenvalue weighted by Crippen LogP contribution is 2.31. The first-order chi connectivity index (χ1) is 9.91. The minimum atomic E-state index is -0.528. The van der Waals surface area contributed by atoms with E-state index in [0.29, 0.717) is 24.0 Å². The van der Waals surface area contributed by atoms with Gasteiger partial charge in [-0.05, 0) is 57.4 Å². The molecule has 1 heterocycles. The monoisotopic (exact) mass is 289 g/mol. The minimum Gasteiger partial charge on any atom is -0.399 e. The zero-order valence-corrected chi connectivity index (χ0v) is 13.4. The smallest absolute Gasteiger partial charge is 0.258 e. The molecule has 21 heavy (non-hydrogen) atoms. The Morgan fingerprint density at radius 1 is 1.29 bits per heavy atom. The molecule has 2 aromatic rings. The maximum Gasteiger partial charge on any atom is 0.258 e. The molecule has 0 aliphatic heterocycles. The van der Waals surface area contributed by atoms with E-state index in [1.807, 2.05) is 46.8 Å². The molecule has 0 aliphatic rings. The molecule has 1 atom stereocenters. The largest absolute Gasteiger partial charge is 0.399 e. The average molecular weight is 289 g/mol. The number of anilines is 1. The van der Waals surface area contributed by atoms with Gasteiger partial charge in [0.1, 0.15) is 5.60 Å². The van der Waals surface area contributed by atoms with Crippen molar-refractivity contribution in [2.75, 3.05) is 12.3 Å². The highest BCUT2D eigenvalue weighted by Gasteiger charge is 2.31. The molecule has 0 amide bonds. The third kappa shape index (κ3) is 2.93. The SMILES string of the molecule is CCOC(C)(CC)c1noc(-c2cc(N)cc(C)c2C)n1. The molecule has 1 aromatic carbocycles. The molecule has 2 N–H and O–H groups in total. The zero-order chi connectivity index (χ0) is 15.6. The lowest BCUT2D eigenvalue weighted by Crippen LogP contribution is -2.26. The van der Waals surface area contributed by atoms with Crippen molar-refractivity contribution in [3.8, 4) is 11.5 Å². The Labute approximate surface area is 125 Å². The van der Waals surface area contributed by atoms with Gasteiger partial charge in [0.2, 0.25) is 5.82 Å². The molecule has 0 aliphatic carbocycles. The molecule has 0 radical (unpaired) electrons. The molecule has 0 bridgehead atoms. The quantitative estimate of drug-likeness (QED) is 0.851. The molecule has 114 valence electrons. The van der Waals surface area contributed by atoms with Gasteiger partial charge in [-0.25, -0.2) is 0 Å². The summed E-state index contributed by atoms with van der Waals surface area (Å²) in [7, 11) is 0. The predicted octanol–water partition coefficient (Wildman–Crippen LogP) is 3.60. The lowest BCUT2D eigenvalue weighted by molar-refractivity contribution is -0.0403. The molecule has 0 saturated carbocycles. The van der Waals surface area contributed by atoms with E-state index >= 15 is 0 Å². The molecule has 1 unspecified atom stereocenters. The van der Waals surface area contributed by atoms with Crippen molar-refractivity contribution >= 4 is 5.69 Å². The van der Waals surface area contributed by atoms with Gasteiger partial charge in [0, 0.05) is 17.9 Å². The summed E-state index contributed by atoms with van der Waals surface area (Å²) >= 11 is 0. The van der Waals surface area contributed by atoms with Crippen molar-refractivity contribution in [2.45, 2.75) is 46.6 Å². The van der Waals surface area contributed by atoms with Crippen molar-refractivity contribution in [2.24, 2.45) is 0 Å². The molecule has 0 fully saturated rings. The van der Waals surface area contributed by atoms with E-state index in [0.717, 1.165) is 23.1 Å². The molecule has 2 rings (SSSR count). The number of hydrogen-bond acceptors (Lipinski definition) is 5. The highest BCUT2D eigenvalue weighted by molar-refractivity contribution is 5.66. The van der Waals surface area contributed by atoms with Crippen LogP contribution in [-0.4, -0.2) is 16.7 Å². The molecule has 5 nitrogen and oxygen atoms in total. The van der Waals surface area contributed by atoms with Crippen LogP contribution in [0.3, 0.4) is 0 Å². The maximum atomic E-state index is 5.92. The van der Waals surface area contributed by atoms with Crippen LogP contribution in [0.15, 0.2) is 16.7 Å². The Kier molecular flexibility index (Phi) is 4.32. The van der Waals surface area contributed by atoms with Crippen molar-refractivity contribution in [3.05, 3.63) is 29.1 Å². The molecule has 0 saturated heterocycles. The summed E-state index contributed by atoms with van der Waals surface area (Å²) in [5.74, 6) is 1.05. The number of hydrogen-bond donors (Lipinski definition) is 1. The lowest BCUT2D eigenvalue weighted by atomic mass is 10.0. The van der Waals surface area contributed by atoms with Gasteiger partial charge in [-0.1, -0.05) is 12.1 Å². The van der Waals surface area contributed by atoms with E-state index in [9.17, 15) is 0 Å². The van der Waals surface area contributed by atoms with Crippen LogP contribution in [-0.2, 0) is 10.3 Å². The van der Waals surface area contributed by atoms with Crippen LogP contribution in [0.1, 0.15) is 44.1 Å². The topological polar surface area (TPSA) is 74.2 Å². The van der Waals surface area contributed by atoms with Crippen molar-refractivity contribution in [3.63, 3.8) is 0 Å². The van der Waals surface area contributed by atoms with E-state index in [2.05, 4.69) is 10.1 Å². The summed E-state index contributed by atoms with van der Waals surface area (Å²) in [6.45, 7) is 10.6. The molecular weight excluding hydrogens is 266 g/mol. The van der Waals surface area contributed by atoms with Crippen LogP contribution in [0.2, 0.25) is 0 Å². The number of nitrogens with zero attached hydrogens (tertiary/aromatic N) is 2. The summed E-state index contributed by atoms with van der Waals surface area (Å²) in [5.41, 5.74) is 9.15. The molecule has 1 aromatic heterocycles. The van der Waals surface area contributed by atoms with Crippen LogP contribution >= 0.6 is 0 Å². The first-order valence-electron chi connectivity index (χ1n) is 7.26. The number of ether oxygens (including phenoxy) is 1. The second-order valence-corrected chi connectivity index (χ2v) is 5.45. The van der Waals surface area contributed by atoms with E-state index in [-0.39, 0.29) is 0 Å². The maximum absolute atomic E-state index is 5.92. The normalized spacial score (nSPS) is 14.1. The fraction of sp³-hybridized carbons (Fsp3) is 0.500. The molecule has 0 spiro atoms. The van der Waals surface area contributed by atoms with Gasteiger partial charge in [-0.2, -0.15) is 4.98 Å². The average Bonchev–Trinajstić information content (AvgIpc) is 2.93. The summed E-state index contributed by atoms with van der Waals surface area (Å²) in [4.78, 5) is 4.53. The number of benzene rings is 1. The second kappa shape index (κ2) is 5.85. The number of aryl methyl sites for hydroxylation is 1. The van der Waals surface area contributed by atoms with E-state index in [1.54, 1.807) is 0 Å². The van der Waals surface area contributed by atoms with Gasteiger partial charge in [0.05, 0.1) is 0 Å². The second-order valence-electron chi connectivity index (χ2n) is 5.45. The zero-order valence-electron chi connectivity index (χ0n) is 13.4. The minimum absolute atomic E-state index is 0.484. The van der Waals surface area contributed by atoms with Crippen LogP contribution in [0.4, 0.5) is 5.69 Å². The van der Waals surface area contributed by atoms with E-state index in [1.165, 1.54) is 0 Å². The van der Waals surface area contributed by atoms with Gasteiger partial charge in [-0.3, -0.25) is 0 Å². The summed E-state index contributed by atoms with van der Waals surface area (Å²) in [5, 5.41) is 4.10. The lowest BCUT2D eigenvalue weighted by Gasteiger charge is -2.23. The number of nitrogens with two attached hydrogens (primary N) is 1. The van der Waals surface area contributed by atoms with Crippen molar-refractivity contribution < 1.29 is 9.26 Å². The van der Waals surface area contributed by atoms with Gasteiger partial charge < -0.3 is 15.0 Å². The van der Waals surface area contributed by atoms with E-state index in [4.69, 9.17) is 15.0 Å². The van der Waals surface area contributed by atoms with Crippen LogP contribution in [0.25, 0.3) is 11.5 Å². The summed E-state index contributed by atoms with van der Waals surface area (Å²) in [6.07, 6.45) is 0.773. The number of nitrogen functional groups attached to an aromatic ring is 1. The van der Waals surface area contributed by atoms with Crippen LogP contribution in [0, 0.1) is 13.8 Å². The van der Waals surface area contributed by atoms with Crippen molar-refractivity contribution in [1.82, 2.24) is 10.1 Å². The standard InChI is InChI=1S/C16H23N3O2/c1-6-16(5,20-7-2)15-18-14(21-19-15)13-9-12(17)8-10(3)11(13)4/h8-9H,6-7,17H2,1-5H3. The Morgan fingerprint density at radius 3 is 2.62 bits per heavy atom. The van der Waals surface area contributed by atoms with Gasteiger partial charge in [-0.15, -0.1) is 0 Å². The van der Waals surface area contributed by atoms with Crippen LogP contribution < -0.4 is 5.73 Å². The number of rotatable bonds is 5. The van der Waals surface area contributed by atoms with Crippen molar-refractivity contribution in [1.29, 1.82) is 0 Å². The van der Waals surface area contributed by atoms with E-state index < -0.39 is 5.60 Å². The van der Waals surface area contributed by atoms with Gasteiger partial charge >= 0.3 is 0 Å². The van der Waals surface area contributed by atoms with Crippen LogP contribution in [0.5, 0.6) is 0 Å². The molecule has 5 heteroatoms. The third-order valence-electron chi connectivity index (χ3n) is 3.96. The molecular formula is C16H23N3O2. The summed E-state index contributed by atoms with van der Waals surface area (Å²) in [6, 6.07) is 3.80. The fourth-order valence-electron chi connectivity index (χ4n) is 2.30. The van der Waals surface area contributed by atoms with Gasteiger partial charge in [0.15, 0.2) is 0 Å². The predicted molar refractivity (Wildman–Crippen MR) is 82.9 cm³/mol.